The molecule has 5 rings (SSSR count). The molecule has 1 aliphatic carbocycles. The third-order valence-electron chi connectivity index (χ3n) is 7.19. The third kappa shape index (κ3) is 4.87. The highest BCUT2D eigenvalue weighted by Crippen LogP contribution is 2.44. The van der Waals surface area contributed by atoms with Gasteiger partial charge in [0.25, 0.3) is 0 Å². The summed E-state index contributed by atoms with van der Waals surface area (Å²) >= 11 is 12.6. The Balaban J connectivity index is 1.55. The molecule has 188 valence electrons. The van der Waals surface area contributed by atoms with Gasteiger partial charge in [-0.1, -0.05) is 50.8 Å². The molecule has 1 amide bonds. The zero-order valence-electron chi connectivity index (χ0n) is 20.7. The van der Waals surface area contributed by atoms with Crippen molar-refractivity contribution in [1.29, 1.82) is 0 Å². The first-order chi connectivity index (χ1) is 17.4. The maximum atomic E-state index is 12.2. The number of nitrogens with one attached hydrogen (secondary N) is 2. The largest absolute Gasteiger partial charge is 0.351 e. The second kappa shape index (κ2) is 10.6. The van der Waals surface area contributed by atoms with Crippen LogP contribution in [-0.4, -0.2) is 20.6 Å². The quantitative estimate of drug-likeness (QED) is 0.349. The number of nitrogens with zero attached hydrogens (tertiary/aromatic N) is 3. The lowest BCUT2D eigenvalue weighted by atomic mass is 9.94. The van der Waals surface area contributed by atoms with E-state index in [1.54, 1.807) is 0 Å². The fraction of sp³-hybridized carbons (Fsp3) is 0.393. The van der Waals surface area contributed by atoms with E-state index in [1.165, 1.54) is 37.8 Å². The van der Waals surface area contributed by atoms with Crippen molar-refractivity contribution in [3.63, 3.8) is 0 Å². The lowest BCUT2D eigenvalue weighted by Crippen LogP contribution is -2.31. The normalized spacial score (nSPS) is 20.6. The first-order valence-electron chi connectivity index (χ1n) is 12.7. The number of pyridine rings is 1. The van der Waals surface area contributed by atoms with E-state index in [1.807, 2.05) is 56.4 Å². The van der Waals surface area contributed by atoms with Crippen LogP contribution in [0.2, 0.25) is 5.02 Å². The molecule has 0 unspecified atom stereocenters. The number of anilines is 2. The summed E-state index contributed by atoms with van der Waals surface area (Å²) in [4.78, 5) is 19.0. The molecule has 3 aromatic rings. The van der Waals surface area contributed by atoms with Gasteiger partial charge >= 0.3 is 0 Å². The molecule has 0 spiro atoms. The average molecular weight is 522 g/mol. The van der Waals surface area contributed by atoms with Crippen LogP contribution >= 0.6 is 23.8 Å². The summed E-state index contributed by atoms with van der Waals surface area (Å²) in [5.41, 5.74) is 3.62. The SMILES string of the molecule is CC(C)C(=O)Nc1ccc(N2C(=S)N[C@@H](c3ccccn3)[C@H]2c2cccn2C2CCCCC2)cc1Cl. The van der Waals surface area contributed by atoms with Crippen molar-refractivity contribution in [3.8, 4) is 0 Å². The first kappa shape index (κ1) is 24.8. The Kier molecular flexibility index (Phi) is 7.30. The number of hydrogen-bond donors (Lipinski definition) is 2. The Morgan fingerprint density at radius 2 is 1.94 bits per heavy atom. The second-order valence-corrected chi connectivity index (χ2v) is 10.7. The summed E-state index contributed by atoms with van der Waals surface area (Å²) in [5, 5.41) is 7.55. The van der Waals surface area contributed by atoms with Gasteiger partial charge in [0.2, 0.25) is 5.91 Å². The van der Waals surface area contributed by atoms with Crippen molar-refractivity contribution in [1.82, 2.24) is 14.9 Å². The minimum absolute atomic E-state index is 0.0681. The molecule has 36 heavy (non-hydrogen) atoms. The summed E-state index contributed by atoms with van der Waals surface area (Å²) in [5.74, 6) is -0.200. The fourth-order valence-electron chi connectivity index (χ4n) is 5.32. The van der Waals surface area contributed by atoms with Crippen LogP contribution in [0.25, 0.3) is 0 Å². The van der Waals surface area contributed by atoms with Crippen molar-refractivity contribution >= 4 is 46.2 Å². The van der Waals surface area contributed by atoms with E-state index < -0.39 is 0 Å². The number of thiocarbonyl (C=S) groups is 1. The smallest absolute Gasteiger partial charge is 0.226 e. The molecule has 6 nitrogen and oxygen atoms in total. The second-order valence-electron chi connectivity index (χ2n) is 9.94. The van der Waals surface area contributed by atoms with Crippen molar-refractivity contribution in [2.75, 3.05) is 10.2 Å². The summed E-state index contributed by atoms with van der Waals surface area (Å²) in [6, 6.07) is 16.3. The number of benzene rings is 1. The Labute approximate surface area is 223 Å². The van der Waals surface area contributed by atoms with Gasteiger partial charge in [0.05, 0.1) is 22.4 Å². The van der Waals surface area contributed by atoms with Gasteiger partial charge in [-0.25, -0.2) is 0 Å². The number of halogens is 1. The van der Waals surface area contributed by atoms with Gasteiger partial charge in [-0.05, 0) is 67.5 Å². The molecule has 0 radical (unpaired) electrons. The fourth-order valence-corrected chi connectivity index (χ4v) is 5.88. The Hall–Kier alpha value is -2.90. The number of carbonyl (C=O) groups is 1. The molecule has 1 aromatic carbocycles. The maximum Gasteiger partial charge on any atom is 0.226 e. The molecule has 1 saturated carbocycles. The highest BCUT2D eigenvalue weighted by Gasteiger charge is 2.42. The number of carbonyl (C=O) groups excluding carboxylic acids is 1. The van der Waals surface area contributed by atoms with Crippen LogP contribution in [0.4, 0.5) is 11.4 Å². The number of amides is 1. The van der Waals surface area contributed by atoms with E-state index in [0.717, 1.165) is 11.4 Å². The minimum Gasteiger partial charge on any atom is -0.351 e. The highest BCUT2D eigenvalue weighted by molar-refractivity contribution is 7.80. The van der Waals surface area contributed by atoms with Gasteiger partial charge < -0.3 is 20.1 Å². The standard InChI is InChI=1S/C28H32ClN5OS/c1-18(2)27(35)31-22-14-13-20(17-21(22)29)34-26(25(32-28(34)36)23-11-6-7-15-30-23)24-12-8-16-33(24)19-9-4-3-5-10-19/h6-8,11-19,25-26H,3-5,9-10H2,1-2H3,(H,31,35)(H,32,36)/t25-,26+/m0/s1. The van der Waals surface area contributed by atoms with Crippen LogP contribution in [0.5, 0.6) is 0 Å². The summed E-state index contributed by atoms with van der Waals surface area (Å²) in [7, 11) is 0. The van der Waals surface area contributed by atoms with Gasteiger partial charge in [-0.2, -0.15) is 0 Å². The van der Waals surface area contributed by atoms with Gasteiger partial charge in [0.1, 0.15) is 6.04 Å². The molecule has 2 atom stereocenters. The maximum absolute atomic E-state index is 12.2. The predicted octanol–water partition coefficient (Wildman–Crippen LogP) is 6.81. The molecule has 2 fully saturated rings. The van der Waals surface area contributed by atoms with Crippen molar-refractivity contribution in [2.24, 2.45) is 5.92 Å². The molecule has 2 N–H and O–H groups in total. The number of hydrogen-bond acceptors (Lipinski definition) is 3. The zero-order valence-corrected chi connectivity index (χ0v) is 22.2. The van der Waals surface area contributed by atoms with Crippen LogP contribution in [0, 0.1) is 5.92 Å². The minimum atomic E-state index is -0.132. The van der Waals surface area contributed by atoms with Crippen molar-refractivity contribution in [2.45, 2.75) is 64.1 Å². The lowest BCUT2D eigenvalue weighted by Gasteiger charge is -2.32. The molecule has 3 heterocycles. The number of rotatable bonds is 6. The molecule has 2 aliphatic rings. The summed E-state index contributed by atoms with van der Waals surface area (Å²) < 4.78 is 2.45. The Morgan fingerprint density at radius 3 is 2.64 bits per heavy atom. The van der Waals surface area contributed by atoms with Crippen LogP contribution in [0.3, 0.4) is 0 Å². The molecule has 0 bridgehead atoms. The first-order valence-corrected chi connectivity index (χ1v) is 13.5. The Morgan fingerprint density at radius 1 is 1.14 bits per heavy atom. The molecular weight excluding hydrogens is 490 g/mol. The third-order valence-corrected chi connectivity index (χ3v) is 7.82. The molecule has 1 saturated heterocycles. The van der Waals surface area contributed by atoms with Crippen LogP contribution in [0.15, 0.2) is 60.9 Å². The van der Waals surface area contributed by atoms with Gasteiger partial charge in [-0.3, -0.25) is 9.78 Å². The molecule has 1 aliphatic heterocycles. The number of aromatic nitrogens is 2. The van der Waals surface area contributed by atoms with E-state index in [-0.39, 0.29) is 23.9 Å². The Bertz CT molecular complexity index is 1240. The molecule has 2 aromatic heterocycles. The topological polar surface area (TPSA) is 62.2 Å². The van der Waals surface area contributed by atoms with E-state index in [0.29, 0.717) is 21.9 Å². The van der Waals surface area contributed by atoms with E-state index in [9.17, 15) is 4.79 Å². The van der Waals surface area contributed by atoms with E-state index in [4.69, 9.17) is 23.8 Å². The van der Waals surface area contributed by atoms with E-state index in [2.05, 4.69) is 43.4 Å². The average Bonchev–Trinajstić information content (AvgIpc) is 3.50. The lowest BCUT2D eigenvalue weighted by molar-refractivity contribution is -0.118. The molecule has 8 heteroatoms. The predicted molar refractivity (Wildman–Crippen MR) is 149 cm³/mol. The summed E-state index contributed by atoms with van der Waals surface area (Å²) in [6.45, 7) is 3.71. The van der Waals surface area contributed by atoms with Crippen LogP contribution in [0.1, 0.15) is 75.5 Å². The van der Waals surface area contributed by atoms with Crippen molar-refractivity contribution in [3.05, 3.63) is 77.3 Å². The van der Waals surface area contributed by atoms with Gasteiger partial charge in [-0.15, -0.1) is 0 Å². The summed E-state index contributed by atoms with van der Waals surface area (Å²) in [6.07, 6.45) is 10.2. The zero-order chi connectivity index (χ0) is 25.2. The van der Waals surface area contributed by atoms with Gasteiger partial charge in [0, 0.05) is 35.7 Å². The highest BCUT2D eigenvalue weighted by atomic mass is 35.5. The monoisotopic (exact) mass is 521 g/mol. The molecular formula is C28H32ClN5OS. The van der Waals surface area contributed by atoms with Crippen LogP contribution < -0.4 is 15.5 Å². The van der Waals surface area contributed by atoms with Gasteiger partial charge in [0.15, 0.2) is 5.11 Å². The van der Waals surface area contributed by atoms with Crippen molar-refractivity contribution < 1.29 is 4.79 Å². The van der Waals surface area contributed by atoms with E-state index >= 15 is 0 Å². The van der Waals surface area contributed by atoms with Crippen LogP contribution in [-0.2, 0) is 4.79 Å².